The Morgan fingerprint density at radius 3 is 2.50 bits per heavy atom. The molecule has 126 valence electrons. The van der Waals surface area contributed by atoms with Gasteiger partial charge in [0.15, 0.2) is 11.6 Å². The fraction of sp³-hybridized carbons (Fsp3) is 0.812. The van der Waals surface area contributed by atoms with Crippen molar-refractivity contribution in [2.75, 3.05) is 13.2 Å². The Kier molecular flexibility index (Phi) is 5.27. The number of carbonyl (C=O) groups excluding carboxylic acids is 1. The molecule has 0 radical (unpaired) electrons. The van der Waals surface area contributed by atoms with Gasteiger partial charge in [-0.05, 0) is 41.0 Å². The highest BCUT2D eigenvalue weighted by Crippen LogP contribution is 2.36. The Balaban J connectivity index is 1.97. The van der Waals surface area contributed by atoms with Crippen LogP contribution in [0.4, 0.5) is 0 Å². The summed E-state index contributed by atoms with van der Waals surface area (Å²) in [5.41, 5.74) is 0. The Morgan fingerprint density at radius 1 is 1.18 bits per heavy atom. The summed E-state index contributed by atoms with van der Waals surface area (Å²) in [4.78, 5) is 11.3. The molecule has 2 aliphatic rings. The van der Waals surface area contributed by atoms with Crippen LogP contribution in [0, 0.1) is 0 Å². The minimum Gasteiger partial charge on any atom is -0.463 e. The molecular formula is C16H26O6. The minimum atomic E-state index is -0.677. The molecule has 0 aromatic heterocycles. The van der Waals surface area contributed by atoms with Crippen molar-refractivity contribution < 1.29 is 28.5 Å². The van der Waals surface area contributed by atoms with Gasteiger partial charge in [0.25, 0.3) is 0 Å². The second-order valence-electron chi connectivity index (χ2n) is 6.40. The normalized spacial score (nSPS) is 33.4. The molecule has 3 atom stereocenters. The summed E-state index contributed by atoms with van der Waals surface area (Å²) in [5, 5.41) is 0. The predicted molar refractivity (Wildman–Crippen MR) is 79.1 cm³/mol. The molecule has 22 heavy (non-hydrogen) atoms. The molecule has 2 fully saturated rings. The molecule has 0 saturated carbocycles. The average molecular weight is 314 g/mol. The highest BCUT2D eigenvalue weighted by molar-refractivity contribution is 5.81. The number of rotatable bonds is 5. The van der Waals surface area contributed by atoms with Crippen LogP contribution in [-0.4, -0.2) is 49.1 Å². The van der Waals surface area contributed by atoms with Gasteiger partial charge in [0, 0.05) is 6.08 Å². The van der Waals surface area contributed by atoms with Gasteiger partial charge in [-0.25, -0.2) is 4.79 Å². The van der Waals surface area contributed by atoms with E-state index in [1.165, 1.54) is 6.08 Å². The molecule has 6 nitrogen and oxygen atoms in total. The van der Waals surface area contributed by atoms with E-state index < -0.39 is 11.6 Å². The van der Waals surface area contributed by atoms with Gasteiger partial charge in [-0.2, -0.15) is 0 Å². The maximum atomic E-state index is 11.3. The van der Waals surface area contributed by atoms with Crippen LogP contribution in [0.15, 0.2) is 12.2 Å². The third-order valence-electron chi connectivity index (χ3n) is 3.53. The van der Waals surface area contributed by atoms with Crippen LogP contribution >= 0.6 is 0 Å². The first kappa shape index (κ1) is 17.4. The van der Waals surface area contributed by atoms with E-state index in [4.69, 9.17) is 23.7 Å². The van der Waals surface area contributed by atoms with E-state index in [0.717, 1.165) is 0 Å². The van der Waals surface area contributed by atoms with Crippen LogP contribution in [-0.2, 0) is 28.5 Å². The molecule has 0 spiro atoms. The van der Waals surface area contributed by atoms with Gasteiger partial charge < -0.3 is 23.7 Å². The second kappa shape index (κ2) is 6.66. The van der Waals surface area contributed by atoms with Crippen LogP contribution in [0.5, 0.6) is 0 Å². The second-order valence-corrected chi connectivity index (χ2v) is 6.40. The highest BCUT2D eigenvalue weighted by atomic mass is 16.8. The van der Waals surface area contributed by atoms with Gasteiger partial charge in [0.2, 0.25) is 0 Å². The van der Waals surface area contributed by atoms with Crippen LogP contribution in [0.1, 0.15) is 41.0 Å². The minimum absolute atomic E-state index is 0.183. The summed E-state index contributed by atoms with van der Waals surface area (Å²) in [6, 6.07) is 0. The van der Waals surface area contributed by atoms with Crippen LogP contribution < -0.4 is 0 Å². The summed E-state index contributed by atoms with van der Waals surface area (Å²) < 4.78 is 28.2. The molecule has 0 unspecified atom stereocenters. The van der Waals surface area contributed by atoms with Crippen LogP contribution in [0.2, 0.25) is 0 Å². The monoisotopic (exact) mass is 314 g/mol. The Morgan fingerprint density at radius 2 is 1.91 bits per heavy atom. The summed E-state index contributed by atoms with van der Waals surface area (Å²) >= 11 is 0. The number of carbonyl (C=O) groups is 1. The number of ether oxygens (including phenoxy) is 5. The van der Waals surface area contributed by atoms with E-state index in [9.17, 15) is 4.79 Å². The zero-order valence-electron chi connectivity index (χ0n) is 14.0. The molecule has 6 heteroatoms. The summed E-state index contributed by atoms with van der Waals surface area (Å²) in [5.74, 6) is -1.63. The summed E-state index contributed by atoms with van der Waals surface area (Å²) in [6.45, 7) is 10.1. The van der Waals surface area contributed by atoms with Gasteiger partial charge in [-0.3, -0.25) is 0 Å². The fourth-order valence-corrected chi connectivity index (χ4v) is 2.73. The first-order valence-electron chi connectivity index (χ1n) is 7.73. The molecule has 0 aliphatic carbocycles. The van der Waals surface area contributed by atoms with Gasteiger partial charge in [-0.1, -0.05) is 6.08 Å². The maximum Gasteiger partial charge on any atom is 0.330 e. The lowest BCUT2D eigenvalue weighted by Crippen LogP contribution is -2.38. The van der Waals surface area contributed by atoms with E-state index in [1.54, 1.807) is 13.0 Å². The Labute approximate surface area is 131 Å². The van der Waals surface area contributed by atoms with Gasteiger partial charge >= 0.3 is 5.97 Å². The van der Waals surface area contributed by atoms with Crippen molar-refractivity contribution in [3.8, 4) is 0 Å². The predicted octanol–water partition coefficient (Wildman–Crippen LogP) is 2.17. The third kappa shape index (κ3) is 4.52. The van der Waals surface area contributed by atoms with Crippen molar-refractivity contribution in [1.82, 2.24) is 0 Å². The standard InChI is InChI=1S/C16H26O6/c1-6-18-13(17)9-7-8-11-14(22-16(4,5)20-11)12-10-19-15(2,3)21-12/h7,9,11-12,14H,6,8,10H2,1-5H3/b9-7+/t11-,12+,14+/m0/s1. The lowest BCUT2D eigenvalue weighted by Gasteiger charge is -2.23. The van der Waals surface area contributed by atoms with Crippen molar-refractivity contribution in [2.24, 2.45) is 0 Å². The molecule has 2 aliphatic heterocycles. The first-order valence-corrected chi connectivity index (χ1v) is 7.73. The van der Waals surface area contributed by atoms with Crippen LogP contribution in [0.3, 0.4) is 0 Å². The number of esters is 1. The Bertz CT molecular complexity index is 428. The smallest absolute Gasteiger partial charge is 0.330 e. The molecule has 2 heterocycles. The largest absolute Gasteiger partial charge is 0.463 e. The van der Waals surface area contributed by atoms with E-state index in [1.807, 2.05) is 27.7 Å². The Hall–Kier alpha value is -0.950. The van der Waals surface area contributed by atoms with E-state index >= 15 is 0 Å². The van der Waals surface area contributed by atoms with E-state index in [2.05, 4.69) is 0 Å². The highest BCUT2D eigenvalue weighted by Gasteiger charge is 2.49. The van der Waals surface area contributed by atoms with Crippen molar-refractivity contribution >= 4 is 5.97 Å². The lowest BCUT2D eigenvalue weighted by atomic mass is 10.1. The molecule has 2 saturated heterocycles. The van der Waals surface area contributed by atoms with Crippen molar-refractivity contribution in [3.63, 3.8) is 0 Å². The molecule has 0 aromatic carbocycles. The quantitative estimate of drug-likeness (QED) is 0.572. The zero-order chi connectivity index (χ0) is 16.4. The van der Waals surface area contributed by atoms with Crippen LogP contribution in [0.25, 0.3) is 0 Å². The molecule has 0 amide bonds. The first-order chi connectivity index (χ1) is 10.2. The number of hydrogen-bond acceptors (Lipinski definition) is 6. The van der Waals surface area contributed by atoms with Gasteiger partial charge in [0.1, 0.15) is 12.2 Å². The zero-order valence-corrected chi connectivity index (χ0v) is 14.0. The van der Waals surface area contributed by atoms with Crippen molar-refractivity contribution in [1.29, 1.82) is 0 Å². The number of hydrogen-bond donors (Lipinski definition) is 0. The van der Waals surface area contributed by atoms with E-state index in [-0.39, 0.29) is 24.3 Å². The third-order valence-corrected chi connectivity index (χ3v) is 3.53. The molecule has 2 rings (SSSR count). The van der Waals surface area contributed by atoms with Gasteiger partial charge in [-0.15, -0.1) is 0 Å². The fourth-order valence-electron chi connectivity index (χ4n) is 2.73. The molecule has 0 bridgehead atoms. The topological polar surface area (TPSA) is 63.2 Å². The summed E-state index contributed by atoms with van der Waals surface area (Å²) in [7, 11) is 0. The summed E-state index contributed by atoms with van der Waals surface area (Å²) in [6.07, 6.45) is 3.12. The SMILES string of the molecule is CCOC(=O)/C=C/C[C@@H]1OC(C)(C)O[C@H]1[C@H]1COC(C)(C)O1. The maximum absolute atomic E-state index is 11.3. The lowest BCUT2D eigenvalue weighted by molar-refractivity contribution is -0.174. The van der Waals surface area contributed by atoms with E-state index in [0.29, 0.717) is 19.6 Å². The molecular weight excluding hydrogens is 288 g/mol. The van der Waals surface area contributed by atoms with Crippen molar-refractivity contribution in [3.05, 3.63) is 12.2 Å². The van der Waals surface area contributed by atoms with Crippen molar-refractivity contribution in [2.45, 2.75) is 70.9 Å². The molecule has 0 N–H and O–H groups in total. The molecule has 0 aromatic rings. The van der Waals surface area contributed by atoms with Gasteiger partial charge in [0.05, 0.1) is 19.3 Å². The average Bonchev–Trinajstić information content (AvgIpc) is 2.89.